The molecule has 5 atom stereocenters. The van der Waals surface area contributed by atoms with Gasteiger partial charge in [0.25, 0.3) is 0 Å². The molecule has 0 aliphatic carbocycles. The summed E-state index contributed by atoms with van der Waals surface area (Å²) >= 11 is 7.93. The fourth-order valence-corrected chi connectivity index (χ4v) is 7.87. The van der Waals surface area contributed by atoms with E-state index < -0.39 is 22.6 Å². The Hall–Kier alpha value is -1.77. The van der Waals surface area contributed by atoms with E-state index in [0.717, 1.165) is 12.0 Å². The van der Waals surface area contributed by atoms with Gasteiger partial charge in [0.15, 0.2) is 0 Å². The summed E-state index contributed by atoms with van der Waals surface area (Å²) in [5.41, 5.74) is 1.38. The smallest absolute Gasteiger partial charge is 0.248 e. The van der Waals surface area contributed by atoms with E-state index in [-0.39, 0.29) is 36.1 Å². The highest BCUT2D eigenvalue weighted by Crippen LogP contribution is 2.66. The number of likely N-dealkylation sites (tertiary alicyclic amines) is 1. The van der Waals surface area contributed by atoms with Gasteiger partial charge in [-0.1, -0.05) is 23.7 Å². The summed E-state index contributed by atoms with van der Waals surface area (Å²) in [6, 6.07) is 4.69. The SMILES string of the molecule is CNC(=O)[C@@H]1[C@@H]2CCC3(S2)C(C(=O)Nc2c(C)cccc2Cl)N(CCCO)C(=O)[C@H]13. The van der Waals surface area contributed by atoms with Crippen molar-refractivity contribution >= 4 is 46.8 Å². The Morgan fingerprint density at radius 1 is 1.37 bits per heavy atom. The van der Waals surface area contributed by atoms with E-state index in [2.05, 4.69) is 10.6 Å². The minimum absolute atomic E-state index is 0.0382. The molecule has 3 aliphatic rings. The highest BCUT2D eigenvalue weighted by Gasteiger charge is 2.73. The van der Waals surface area contributed by atoms with E-state index in [4.69, 9.17) is 11.6 Å². The third-order valence-corrected chi connectivity index (χ3v) is 8.89. The molecule has 2 unspecified atom stereocenters. The summed E-state index contributed by atoms with van der Waals surface area (Å²) in [6.45, 7) is 2.07. The Morgan fingerprint density at radius 3 is 2.80 bits per heavy atom. The van der Waals surface area contributed by atoms with Crippen LogP contribution in [0, 0.1) is 18.8 Å². The van der Waals surface area contributed by atoms with Crippen molar-refractivity contribution in [3.63, 3.8) is 0 Å². The molecule has 3 fully saturated rings. The van der Waals surface area contributed by atoms with Gasteiger partial charge in [0, 0.05) is 25.4 Å². The first-order chi connectivity index (χ1) is 14.4. The van der Waals surface area contributed by atoms with Crippen LogP contribution in [0.5, 0.6) is 0 Å². The van der Waals surface area contributed by atoms with E-state index in [0.29, 0.717) is 23.6 Å². The number of para-hydroxylation sites is 1. The van der Waals surface area contributed by atoms with Gasteiger partial charge in [0.05, 0.1) is 27.3 Å². The second kappa shape index (κ2) is 8.05. The van der Waals surface area contributed by atoms with Crippen LogP contribution in [0.1, 0.15) is 24.8 Å². The summed E-state index contributed by atoms with van der Waals surface area (Å²) in [7, 11) is 1.58. The number of hydrogen-bond donors (Lipinski definition) is 3. The van der Waals surface area contributed by atoms with Gasteiger partial charge in [-0.05, 0) is 37.8 Å². The molecule has 9 heteroatoms. The van der Waals surface area contributed by atoms with Crippen LogP contribution < -0.4 is 10.6 Å². The van der Waals surface area contributed by atoms with Crippen LogP contribution >= 0.6 is 23.4 Å². The Morgan fingerprint density at radius 2 is 2.13 bits per heavy atom. The molecule has 1 aromatic carbocycles. The lowest BCUT2D eigenvalue weighted by Crippen LogP contribution is -2.52. The first-order valence-corrected chi connectivity index (χ1v) is 11.5. The number of aryl methyl sites for hydroxylation is 1. The van der Waals surface area contributed by atoms with Crippen molar-refractivity contribution < 1.29 is 19.5 Å². The molecule has 0 aromatic heterocycles. The van der Waals surface area contributed by atoms with Crippen molar-refractivity contribution in [2.75, 3.05) is 25.5 Å². The van der Waals surface area contributed by atoms with Crippen LogP contribution in [0.3, 0.4) is 0 Å². The quantitative estimate of drug-likeness (QED) is 0.612. The number of fused-ring (bicyclic) bond motifs is 1. The summed E-state index contributed by atoms with van der Waals surface area (Å²) in [5.74, 6) is -1.55. The fraction of sp³-hybridized carbons (Fsp3) is 0.571. The second-order valence-electron chi connectivity index (χ2n) is 8.20. The Bertz CT molecular complexity index is 877. The van der Waals surface area contributed by atoms with Crippen molar-refractivity contribution in [1.29, 1.82) is 0 Å². The van der Waals surface area contributed by atoms with Crippen LogP contribution in [0.4, 0.5) is 5.69 Å². The predicted octanol–water partition coefficient (Wildman–Crippen LogP) is 1.81. The molecule has 1 spiro atoms. The average molecular weight is 452 g/mol. The van der Waals surface area contributed by atoms with Gasteiger partial charge in [-0.2, -0.15) is 0 Å². The number of hydrogen-bond acceptors (Lipinski definition) is 5. The molecule has 0 radical (unpaired) electrons. The molecule has 4 rings (SSSR count). The Labute approximate surface area is 184 Å². The van der Waals surface area contributed by atoms with Gasteiger partial charge in [-0.15, -0.1) is 11.8 Å². The zero-order valence-electron chi connectivity index (χ0n) is 17.0. The van der Waals surface area contributed by atoms with Crippen LogP contribution in [0.15, 0.2) is 18.2 Å². The molecule has 2 bridgehead atoms. The number of nitrogens with zero attached hydrogens (tertiary/aromatic N) is 1. The van der Waals surface area contributed by atoms with Gasteiger partial charge < -0.3 is 20.6 Å². The molecule has 3 N–H and O–H groups in total. The number of aliphatic hydroxyl groups excluding tert-OH is 1. The molecule has 0 saturated carbocycles. The zero-order valence-corrected chi connectivity index (χ0v) is 18.6. The fourth-order valence-electron chi connectivity index (χ4n) is 5.38. The van der Waals surface area contributed by atoms with Crippen LogP contribution in [0.25, 0.3) is 0 Å². The predicted molar refractivity (Wildman–Crippen MR) is 116 cm³/mol. The highest BCUT2D eigenvalue weighted by molar-refractivity contribution is 8.02. The topological polar surface area (TPSA) is 98.7 Å². The molecule has 3 amide bonds. The number of carbonyl (C=O) groups is 3. The first-order valence-electron chi connectivity index (χ1n) is 10.2. The number of amides is 3. The van der Waals surface area contributed by atoms with E-state index in [1.54, 1.807) is 29.8 Å². The van der Waals surface area contributed by atoms with Crippen molar-refractivity contribution in [2.45, 2.75) is 42.2 Å². The zero-order chi connectivity index (χ0) is 21.6. The van der Waals surface area contributed by atoms with Gasteiger partial charge in [-0.25, -0.2) is 0 Å². The van der Waals surface area contributed by atoms with Crippen LogP contribution in [0.2, 0.25) is 5.02 Å². The number of benzene rings is 1. The third kappa shape index (κ3) is 3.11. The number of nitrogens with one attached hydrogen (secondary N) is 2. The molecule has 7 nitrogen and oxygen atoms in total. The van der Waals surface area contributed by atoms with Gasteiger partial charge in [-0.3, -0.25) is 14.4 Å². The Kier molecular flexibility index (Phi) is 5.76. The lowest BCUT2D eigenvalue weighted by Gasteiger charge is -2.34. The van der Waals surface area contributed by atoms with Gasteiger partial charge in [0.2, 0.25) is 17.7 Å². The minimum Gasteiger partial charge on any atom is -0.396 e. The second-order valence-corrected chi connectivity index (χ2v) is 10.2. The summed E-state index contributed by atoms with van der Waals surface area (Å²) in [5, 5.41) is 15.5. The molecular formula is C21H26ClN3O4S. The molecule has 1 aromatic rings. The number of aliphatic hydroxyl groups is 1. The number of thioether (sulfide) groups is 1. The van der Waals surface area contributed by atoms with Crippen molar-refractivity contribution in [3.8, 4) is 0 Å². The monoisotopic (exact) mass is 451 g/mol. The number of anilines is 1. The minimum atomic E-state index is -0.707. The van der Waals surface area contributed by atoms with E-state index in [1.165, 1.54) is 0 Å². The number of rotatable bonds is 6. The normalized spacial score (nSPS) is 31.7. The summed E-state index contributed by atoms with van der Waals surface area (Å²) in [6.07, 6.45) is 1.89. The molecule has 3 aliphatic heterocycles. The molecule has 3 saturated heterocycles. The molecule has 30 heavy (non-hydrogen) atoms. The average Bonchev–Trinajstić information content (AvgIpc) is 3.36. The highest BCUT2D eigenvalue weighted by atomic mass is 35.5. The van der Waals surface area contributed by atoms with Crippen molar-refractivity contribution in [2.24, 2.45) is 11.8 Å². The summed E-state index contributed by atoms with van der Waals surface area (Å²) in [4.78, 5) is 41.2. The molecule has 162 valence electrons. The third-order valence-electron chi connectivity index (χ3n) is 6.62. The van der Waals surface area contributed by atoms with E-state index in [9.17, 15) is 19.5 Å². The van der Waals surface area contributed by atoms with Gasteiger partial charge >= 0.3 is 0 Å². The maximum atomic E-state index is 13.6. The molecular weight excluding hydrogens is 426 g/mol. The summed E-state index contributed by atoms with van der Waals surface area (Å²) < 4.78 is -0.631. The lowest BCUT2D eigenvalue weighted by molar-refractivity contribution is -0.139. The standard InChI is InChI=1S/C21H26ClN3O4S/c1-11-5-3-6-12(22)16(11)24-19(28)17-21-8-7-13(30-21)14(18(27)23-2)15(21)20(29)25(17)9-4-10-26/h3,5-6,13-15,17,26H,4,7-10H2,1-2H3,(H,23,27)(H,24,28)/t13-,14+,15-,17?,21?/m0/s1. The maximum absolute atomic E-state index is 13.6. The van der Waals surface area contributed by atoms with Crippen LogP contribution in [-0.4, -0.2) is 64.0 Å². The van der Waals surface area contributed by atoms with Crippen molar-refractivity contribution in [3.05, 3.63) is 28.8 Å². The maximum Gasteiger partial charge on any atom is 0.248 e. The van der Waals surface area contributed by atoms with E-state index in [1.807, 2.05) is 19.1 Å². The van der Waals surface area contributed by atoms with E-state index >= 15 is 0 Å². The lowest BCUT2D eigenvalue weighted by atomic mass is 9.70. The number of carbonyl (C=O) groups excluding carboxylic acids is 3. The number of halogens is 1. The van der Waals surface area contributed by atoms with Gasteiger partial charge in [0.1, 0.15) is 6.04 Å². The van der Waals surface area contributed by atoms with Crippen molar-refractivity contribution in [1.82, 2.24) is 10.2 Å². The van der Waals surface area contributed by atoms with Crippen LogP contribution in [-0.2, 0) is 14.4 Å². The largest absolute Gasteiger partial charge is 0.396 e. The Balaban J connectivity index is 1.72. The molecule has 3 heterocycles. The first kappa shape index (κ1) is 21.5.